The van der Waals surface area contributed by atoms with E-state index in [1.807, 2.05) is 20.8 Å². The first-order chi connectivity index (χ1) is 15.0. The fourth-order valence-corrected chi connectivity index (χ4v) is 3.50. The van der Waals surface area contributed by atoms with E-state index in [0.717, 1.165) is 5.69 Å². The second kappa shape index (κ2) is 8.51. The molecule has 0 radical (unpaired) electrons. The summed E-state index contributed by atoms with van der Waals surface area (Å²) in [6, 6.07) is 10.6. The maximum Gasteiger partial charge on any atom is 0.256 e. The van der Waals surface area contributed by atoms with Crippen molar-refractivity contribution < 1.29 is 18.7 Å². The molecule has 160 valence electrons. The SMILES string of the molecule is CCOc1ccc(NC(=O)c2cc(-c3ccco3)nc3c2c(C)nn3C)cc1OCC. The number of furan rings is 1. The largest absolute Gasteiger partial charge is 0.490 e. The van der Waals surface area contributed by atoms with E-state index in [0.29, 0.717) is 58.5 Å². The fraction of sp³-hybridized carbons (Fsp3) is 0.261. The summed E-state index contributed by atoms with van der Waals surface area (Å²) in [5.74, 6) is 1.52. The van der Waals surface area contributed by atoms with Crippen LogP contribution in [0.4, 0.5) is 5.69 Å². The highest BCUT2D eigenvalue weighted by Gasteiger charge is 2.20. The standard InChI is InChI=1S/C23H24N4O4/c1-5-29-19-10-9-15(12-20(19)30-6-2)24-23(28)16-13-17(18-8-7-11-31-18)25-22-21(16)14(3)26-27(22)4/h7-13H,5-6H2,1-4H3,(H,24,28). The maximum atomic E-state index is 13.3. The van der Waals surface area contributed by atoms with E-state index < -0.39 is 0 Å². The van der Waals surface area contributed by atoms with Crippen molar-refractivity contribution in [2.24, 2.45) is 7.05 Å². The van der Waals surface area contributed by atoms with Crippen LogP contribution >= 0.6 is 0 Å². The van der Waals surface area contributed by atoms with Crippen LogP contribution < -0.4 is 14.8 Å². The van der Waals surface area contributed by atoms with Crippen LogP contribution in [0.3, 0.4) is 0 Å². The number of nitrogens with one attached hydrogen (secondary N) is 1. The fourth-order valence-electron chi connectivity index (χ4n) is 3.50. The number of amides is 1. The third-order valence-electron chi connectivity index (χ3n) is 4.79. The van der Waals surface area contributed by atoms with Crippen molar-refractivity contribution in [2.75, 3.05) is 18.5 Å². The zero-order chi connectivity index (χ0) is 22.0. The summed E-state index contributed by atoms with van der Waals surface area (Å²) in [6.07, 6.45) is 1.57. The number of anilines is 1. The van der Waals surface area contributed by atoms with Gasteiger partial charge in [-0.2, -0.15) is 5.10 Å². The van der Waals surface area contributed by atoms with E-state index in [2.05, 4.69) is 15.4 Å². The predicted molar refractivity (Wildman–Crippen MR) is 118 cm³/mol. The molecule has 3 aromatic heterocycles. The molecule has 8 heteroatoms. The molecule has 1 aromatic carbocycles. The normalized spacial score (nSPS) is 11.0. The third kappa shape index (κ3) is 3.96. The van der Waals surface area contributed by atoms with Crippen LogP contribution in [0, 0.1) is 6.92 Å². The zero-order valence-electron chi connectivity index (χ0n) is 17.9. The number of ether oxygens (including phenoxy) is 2. The van der Waals surface area contributed by atoms with Gasteiger partial charge in [-0.05, 0) is 51.1 Å². The number of carbonyl (C=O) groups excluding carboxylic acids is 1. The van der Waals surface area contributed by atoms with E-state index in [1.54, 1.807) is 54.4 Å². The lowest BCUT2D eigenvalue weighted by Crippen LogP contribution is -2.13. The average Bonchev–Trinajstić information content (AvgIpc) is 3.38. The van der Waals surface area contributed by atoms with Crippen LogP contribution in [-0.2, 0) is 7.05 Å². The van der Waals surface area contributed by atoms with Crippen LogP contribution in [0.25, 0.3) is 22.5 Å². The average molecular weight is 420 g/mol. The zero-order valence-corrected chi connectivity index (χ0v) is 17.9. The summed E-state index contributed by atoms with van der Waals surface area (Å²) in [6.45, 7) is 6.68. The van der Waals surface area contributed by atoms with Crippen molar-refractivity contribution in [3.8, 4) is 23.0 Å². The molecule has 0 aliphatic heterocycles. The molecule has 31 heavy (non-hydrogen) atoms. The smallest absolute Gasteiger partial charge is 0.256 e. The Balaban J connectivity index is 1.75. The van der Waals surface area contributed by atoms with Gasteiger partial charge in [-0.25, -0.2) is 4.98 Å². The molecule has 0 atom stereocenters. The van der Waals surface area contributed by atoms with E-state index in [4.69, 9.17) is 13.9 Å². The van der Waals surface area contributed by atoms with Crippen LogP contribution in [-0.4, -0.2) is 33.9 Å². The van der Waals surface area contributed by atoms with Crippen molar-refractivity contribution in [2.45, 2.75) is 20.8 Å². The van der Waals surface area contributed by atoms with Gasteiger partial charge in [-0.3, -0.25) is 9.48 Å². The van der Waals surface area contributed by atoms with Gasteiger partial charge < -0.3 is 19.2 Å². The molecule has 4 rings (SSSR count). The number of fused-ring (bicyclic) bond motifs is 1. The number of pyridine rings is 1. The molecule has 0 saturated heterocycles. The van der Waals surface area contributed by atoms with Gasteiger partial charge in [0.2, 0.25) is 0 Å². The first-order valence-corrected chi connectivity index (χ1v) is 10.1. The number of aryl methyl sites for hydroxylation is 2. The van der Waals surface area contributed by atoms with Crippen molar-refractivity contribution in [3.63, 3.8) is 0 Å². The molecule has 0 aliphatic rings. The lowest BCUT2D eigenvalue weighted by molar-refractivity contribution is 0.102. The number of aromatic nitrogens is 3. The summed E-state index contributed by atoms with van der Waals surface area (Å²) in [7, 11) is 1.80. The molecule has 0 aliphatic carbocycles. The summed E-state index contributed by atoms with van der Waals surface area (Å²) >= 11 is 0. The highest BCUT2D eigenvalue weighted by Crippen LogP contribution is 2.32. The van der Waals surface area contributed by atoms with Gasteiger partial charge in [-0.1, -0.05) is 0 Å². The summed E-state index contributed by atoms with van der Waals surface area (Å²) < 4.78 is 18.4. The number of hydrogen-bond acceptors (Lipinski definition) is 6. The molecule has 0 unspecified atom stereocenters. The highest BCUT2D eigenvalue weighted by molar-refractivity contribution is 6.13. The molecule has 0 bridgehead atoms. The second-order valence-corrected chi connectivity index (χ2v) is 6.92. The minimum absolute atomic E-state index is 0.275. The maximum absolute atomic E-state index is 13.3. The number of carbonyl (C=O) groups is 1. The van der Waals surface area contributed by atoms with Crippen molar-refractivity contribution in [1.29, 1.82) is 0 Å². The van der Waals surface area contributed by atoms with E-state index >= 15 is 0 Å². The Bertz CT molecular complexity index is 1230. The van der Waals surface area contributed by atoms with Crippen molar-refractivity contribution >= 4 is 22.6 Å². The number of benzene rings is 1. The van der Waals surface area contributed by atoms with Gasteiger partial charge in [0.05, 0.1) is 36.1 Å². The molecule has 0 spiro atoms. The molecule has 3 heterocycles. The van der Waals surface area contributed by atoms with E-state index in [9.17, 15) is 4.79 Å². The summed E-state index contributed by atoms with van der Waals surface area (Å²) in [5.41, 5.74) is 2.96. The molecule has 4 aromatic rings. The molecule has 1 N–H and O–H groups in total. The van der Waals surface area contributed by atoms with Gasteiger partial charge >= 0.3 is 0 Å². The van der Waals surface area contributed by atoms with Crippen LogP contribution in [0.15, 0.2) is 47.1 Å². The Morgan fingerprint density at radius 3 is 2.61 bits per heavy atom. The topological polar surface area (TPSA) is 91.4 Å². The molecule has 0 fully saturated rings. The van der Waals surface area contributed by atoms with Crippen molar-refractivity contribution in [1.82, 2.24) is 14.8 Å². The Labute approximate surface area is 179 Å². The van der Waals surface area contributed by atoms with Gasteiger partial charge in [0, 0.05) is 18.8 Å². The van der Waals surface area contributed by atoms with Crippen LogP contribution in [0.5, 0.6) is 11.5 Å². The predicted octanol–water partition coefficient (Wildman–Crippen LogP) is 4.59. The number of nitrogens with zero attached hydrogens (tertiary/aromatic N) is 3. The quantitative estimate of drug-likeness (QED) is 0.470. The van der Waals surface area contributed by atoms with Gasteiger partial charge in [-0.15, -0.1) is 0 Å². The van der Waals surface area contributed by atoms with Crippen molar-refractivity contribution in [3.05, 3.63) is 53.9 Å². The number of rotatable bonds is 7. The minimum atomic E-state index is -0.275. The Hall–Kier alpha value is -3.81. The Kier molecular flexibility index (Phi) is 5.62. The third-order valence-corrected chi connectivity index (χ3v) is 4.79. The lowest BCUT2D eigenvalue weighted by atomic mass is 10.1. The van der Waals surface area contributed by atoms with Crippen LogP contribution in [0.2, 0.25) is 0 Å². The molecule has 0 saturated carbocycles. The molecule has 8 nitrogen and oxygen atoms in total. The monoisotopic (exact) mass is 420 g/mol. The first-order valence-electron chi connectivity index (χ1n) is 10.1. The molecular weight excluding hydrogens is 396 g/mol. The van der Waals surface area contributed by atoms with Gasteiger partial charge in [0.1, 0.15) is 5.69 Å². The van der Waals surface area contributed by atoms with E-state index in [1.165, 1.54) is 0 Å². The highest BCUT2D eigenvalue weighted by atomic mass is 16.5. The molecule has 1 amide bonds. The minimum Gasteiger partial charge on any atom is -0.490 e. The summed E-state index contributed by atoms with van der Waals surface area (Å²) in [5, 5.41) is 8.10. The van der Waals surface area contributed by atoms with Gasteiger partial charge in [0.15, 0.2) is 22.9 Å². The second-order valence-electron chi connectivity index (χ2n) is 6.92. The summed E-state index contributed by atoms with van der Waals surface area (Å²) in [4.78, 5) is 18.0. The lowest BCUT2D eigenvalue weighted by Gasteiger charge is -2.13. The Morgan fingerprint density at radius 1 is 1.13 bits per heavy atom. The molecular formula is C23H24N4O4. The Morgan fingerprint density at radius 2 is 1.90 bits per heavy atom. The van der Waals surface area contributed by atoms with E-state index in [-0.39, 0.29) is 5.91 Å². The number of hydrogen-bond donors (Lipinski definition) is 1. The van der Waals surface area contributed by atoms with Crippen LogP contribution in [0.1, 0.15) is 29.9 Å². The van der Waals surface area contributed by atoms with Gasteiger partial charge in [0.25, 0.3) is 5.91 Å². The first kappa shape index (κ1) is 20.5.